The summed E-state index contributed by atoms with van der Waals surface area (Å²) < 4.78 is 9.70. The molecule has 5 heteroatoms. The molecule has 0 saturated carbocycles. The van der Waals surface area contributed by atoms with E-state index in [4.69, 9.17) is 4.74 Å². The number of esters is 1. The van der Waals surface area contributed by atoms with Gasteiger partial charge in [0.05, 0.1) is 19.3 Å². The minimum atomic E-state index is -0.459. The van der Waals surface area contributed by atoms with Gasteiger partial charge in [-0.3, -0.25) is 4.79 Å². The van der Waals surface area contributed by atoms with E-state index >= 15 is 0 Å². The van der Waals surface area contributed by atoms with Crippen LogP contribution in [-0.2, 0) is 9.47 Å². The summed E-state index contributed by atoms with van der Waals surface area (Å²) in [7, 11) is 1.30. The van der Waals surface area contributed by atoms with Crippen LogP contribution >= 0.6 is 0 Å². The molecule has 1 aromatic carbocycles. The molecular weight excluding hydrogens is 234 g/mol. The van der Waals surface area contributed by atoms with Crippen molar-refractivity contribution in [2.24, 2.45) is 0 Å². The summed E-state index contributed by atoms with van der Waals surface area (Å²) in [6.45, 7) is 3.42. The molecule has 1 amide bonds. The number of hydrogen-bond donors (Lipinski definition) is 1. The van der Waals surface area contributed by atoms with E-state index in [1.165, 1.54) is 13.2 Å². The molecular formula is C13H17NO4. The number of amides is 1. The van der Waals surface area contributed by atoms with Crippen LogP contribution in [-0.4, -0.2) is 38.7 Å². The topological polar surface area (TPSA) is 64.6 Å². The Balaban J connectivity index is 2.60. The predicted octanol–water partition coefficient (Wildman–Crippen LogP) is 1.24. The lowest BCUT2D eigenvalue weighted by Crippen LogP contribution is -2.27. The van der Waals surface area contributed by atoms with Crippen molar-refractivity contribution in [1.82, 2.24) is 5.32 Å². The molecule has 1 aromatic rings. The molecule has 98 valence electrons. The zero-order chi connectivity index (χ0) is 13.4. The molecule has 0 heterocycles. The van der Waals surface area contributed by atoms with Gasteiger partial charge in [-0.2, -0.15) is 0 Å². The first kappa shape index (κ1) is 14.2. The highest BCUT2D eigenvalue weighted by Gasteiger charge is 2.09. The number of hydrogen-bond acceptors (Lipinski definition) is 4. The van der Waals surface area contributed by atoms with E-state index in [1.807, 2.05) is 6.92 Å². The number of ether oxygens (including phenoxy) is 2. The molecule has 0 unspecified atom stereocenters. The number of rotatable bonds is 6. The molecule has 0 fully saturated rings. The predicted molar refractivity (Wildman–Crippen MR) is 66.6 cm³/mol. The summed E-state index contributed by atoms with van der Waals surface area (Å²) in [5.41, 5.74) is 0.782. The second-order valence-corrected chi connectivity index (χ2v) is 3.53. The van der Waals surface area contributed by atoms with E-state index in [9.17, 15) is 9.59 Å². The Morgan fingerprint density at radius 1 is 1.28 bits per heavy atom. The maximum Gasteiger partial charge on any atom is 0.337 e. The molecule has 0 bridgehead atoms. The van der Waals surface area contributed by atoms with Gasteiger partial charge in [-0.25, -0.2) is 4.79 Å². The van der Waals surface area contributed by atoms with E-state index in [0.29, 0.717) is 30.9 Å². The zero-order valence-corrected chi connectivity index (χ0v) is 10.6. The molecule has 0 saturated heterocycles. The van der Waals surface area contributed by atoms with Gasteiger partial charge in [-0.1, -0.05) is 6.07 Å². The maximum atomic E-state index is 11.8. The van der Waals surface area contributed by atoms with Gasteiger partial charge in [-0.05, 0) is 25.1 Å². The number of carbonyl (C=O) groups excluding carboxylic acids is 2. The molecule has 0 aliphatic carbocycles. The van der Waals surface area contributed by atoms with E-state index in [2.05, 4.69) is 10.1 Å². The van der Waals surface area contributed by atoms with Crippen LogP contribution in [0.1, 0.15) is 27.6 Å². The van der Waals surface area contributed by atoms with Crippen molar-refractivity contribution < 1.29 is 19.1 Å². The largest absolute Gasteiger partial charge is 0.465 e. The first-order valence-corrected chi connectivity index (χ1v) is 5.73. The normalized spacial score (nSPS) is 9.89. The van der Waals surface area contributed by atoms with Gasteiger partial charge in [0, 0.05) is 18.7 Å². The lowest BCUT2D eigenvalue weighted by molar-refractivity contribution is 0.0600. The third-order valence-electron chi connectivity index (χ3n) is 2.28. The third kappa shape index (κ3) is 4.18. The number of nitrogens with one attached hydrogen (secondary N) is 1. The summed E-state index contributed by atoms with van der Waals surface area (Å²) >= 11 is 0. The van der Waals surface area contributed by atoms with Crippen molar-refractivity contribution in [3.05, 3.63) is 35.4 Å². The first-order chi connectivity index (χ1) is 8.69. The van der Waals surface area contributed by atoms with Crippen LogP contribution in [0.25, 0.3) is 0 Å². The standard InChI is InChI=1S/C13H17NO4/c1-3-18-8-7-14-12(15)10-5-4-6-11(9-10)13(16)17-2/h4-6,9H,3,7-8H2,1-2H3,(H,14,15). The molecule has 0 spiro atoms. The number of benzene rings is 1. The Kier molecular flexibility index (Phi) is 5.87. The van der Waals surface area contributed by atoms with Gasteiger partial charge < -0.3 is 14.8 Å². The van der Waals surface area contributed by atoms with Crippen LogP contribution in [0.15, 0.2) is 24.3 Å². The molecule has 0 atom stereocenters. The Labute approximate surface area is 106 Å². The summed E-state index contributed by atoms with van der Waals surface area (Å²) in [5.74, 6) is -0.695. The Morgan fingerprint density at radius 2 is 2.00 bits per heavy atom. The van der Waals surface area contributed by atoms with Crippen molar-refractivity contribution in [1.29, 1.82) is 0 Å². The minimum Gasteiger partial charge on any atom is -0.465 e. The second-order valence-electron chi connectivity index (χ2n) is 3.53. The molecule has 0 radical (unpaired) electrons. The minimum absolute atomic E-state index is 0.236. The first-order valence-electron chi connectivity index (χ1n) is 5.73. The number of methoxy groups -OCH3 is 1. The van der Waals surface area contributed by atoms with Crippen molar-refractivity contribution in [3.63, 3.8) is 0 Å². The van der Waals surface area contributed by atoms with Crippen LogP contribution < -0.4 is 5.32 Å². The highest BCUT2D eigenvalue weighted by Crippen LogP contribution is 2.06. The SMILES string of the molecule is CCOCCNC(=O)c1cccc(C(=O)OC)c1. The summed E-state index contributed by atoms with van der Waals surface area (Å²) in [6, 6.07) is 6.39. The molecule has 0 aliphatic heterocycles. The third-order valence-corrected chi connectivity index (χ3v) is 2.28. The van der Waals surface area contributed by atoms with Crippen molar-refractivity contribution >= 4 is 11.9 Å². The smallest absolute Gasteiger partial charge is 0.337 e. The highest BCUT2D eigenvalue weighted by atomic mass is 16.5. The van der Waals surface area contributed by atoms with Crippen LogP contribution in [0, 0.1) is 0 Å². The fourth-order valence-corrected chi connectivity index (χ4v) is 1.39. The quantitative estimate of drug-likeness (QED) is 0.610. The van der Waals surface area contributed by atoms with Gasteiger partial charge in [0.2, 0.25) is 0 Å². The fraction of sp³-hybridized carbons (Fsp3) is 0.385. The lowest BCUT2D eigenvalue weighted by Gasteiger charge is -2.06. The van der Waals surface area contributed by atoms with Crippen molar-refractivity contribution in [2.75, 3.05) is 26.9 Å². The molecule has 1 rings (SSSR count). The van der Waals surface area contributed by atoms with Gasteiger partial charge >= 0.3 is 5.97 Å². The molecule has 18 heavy (non-hydrogen) atoms. The summed E-state index contributed by atoms with van der Waals surface area (Å²) in [5, 5.41) is 2.70. The monoisotopic (exact) mass is 251 g/mol. The maximum absolute atomic E-state index is 11.8. The van der Waals surface area contributed by atoms with Gasteiger partial charge in [0.25, 0.3) is 5.91 Å². The summed E-state index contributed by atoms with van der Waals surface area (Å²) in [6.07, 6.45) is 0. The van der Waals surface area contributed by atoms with Gasteiger partial charge in [0.15, 0.2) is 0 Å². The van der Waals surface area contributed by atoms with Crippen LogP contribution in [0.4, 0.5) is 0 Å². The van der Waals surface area contributed by atoms with Crippen LogP contribution in [0.2, 0.25) is 0 Å². The average molecular weight is 251 g/mol. The molecule has 0 aliphatic rings. The average Bonchev–Trinajstić information content (AvgIpc) is 2.42. The van der Waals surface area contributed by atoms with E-state index in [1.54, 1.807) is 18.2 Å². The van der Waals surface area contributed by atoms with E-state index in [0.717, 1.165) is 0 Å². The van der Waals surface area contributed by atoms with Gasteiger partial charge in [-0.15, -0.1) is 0 Å². The Hall–Kier alpha value is -1.88. The Bertz CT molecular complexity index is 417. The molecule has 1 N–H and O–H groups in total. The van der Waals surface area contributed by atoms with Crippen LogP contribution in [0.5, 0.6) is 0 Å². The second kappa shape index (κ2) is 7.45. The fourth-order valence-electron chi connectivity index (χ4n) is 1.39. The lowest BCUT2D eigenvalue weighted by atomic mass is 10.1. The molecule has 0 aromatic heterocycles. The van der Waals surface area contributed by atoms with E-state index < -0.39 is 5.97 Å². The highest BCUT2D eigenvalue weighted by molar-refractivity contribution is 5.97. The van der Waals surface area contributed by atoms with Crippen molar-refractivity contribution in [3.8, 4) is 0 Å². The molecule has 5 nitrogen and oxygen atoms in total. The van der Waals surface area contributed by atoms with Crippen LogP contribution in [0.3, 0.4) is 0 Å². The Morgan fingerprint density at radius 3 is 2.67 bits per heavy atom. The zero-order valence-electron chi connectivity index (χ0n) is 10.6. The van der Waals surface area contributed by atoms with Gasteiger partial charge in [0.1, 0.15) is 0 Å². The van der Waals surface area contributed by atoms with Crippen molar-refractivity contribution in [2.45, 2.75) is 6.92 Å². The van der Waals surface area contributed by atoms with E-state index in [-0.39, 0.29) is 5.91 Å². The summed E-state index contributed by atoms with van der Waals surface area (Å²) in [4.78, 5) is 23.1. The number of carbonyl (C=O) groups is 2.